The van der Waals surface area contributed by atoms with E-state index in [-0.39, 0.29) is 37.5 Å². The van der Waals surface area contributed by atoms with Gasteiger partial charge in [-0.05, 0) is 49.8 Å². The van der Waals surface area contributed by atoms with Crippen LogP contribution in [0.15, 0.2) is 53.7 Å². The van der Waals surface area contributed by atoms with E-state index in [1.54, 1.807) is 49.4 Å². The number of hydrogen-bond donors (Lipinski definition) is 7. The van der Waals surface area contributed by atoms with Gasteiger partial charge in [0.15, 0.2) is 11.7 Å². The molecular weight excluding hydrogens is 651 g/mol. The second-order valence-corrected chi connectivity index (χ2v) is 12.0. The molecule has 0 saturated heterocycles. The highest BCUT2D eigenvalue weighted by molar-refractivity contribution is 7.94. The number of aliphatic carboxylic acids is 1. The summed E-state index contributed by atoms with van der Waals surface area (Å²) in [4.78, 5) is 36.5. The summed E-state index contributed by atoms with van der Waals surface area (Å²) in [6, 6.07) is 9.46. The van der Waals surface area contributed by atoms with Crippen molar-refractivity contribution in [2.24, 2.45) is 5.73 Å². The Morgan fingerprint density at radius 2 is 1.88 bits per heavy atom. The first-order chi connectivity index (χ1) is 22.9. The molecule has 1 unspecified atom stereocenters. The van der Waals surface area contributed by atoms with Gasteiger partial charge >= 0.3 is 12.9 Å². The molecule has 258 valence electrons. The number of nitrogens with two attached hydrogens (primary N) is 1. The van der Waals surface area contributed by atoms with Crippen molar-refractivity contribution in [3.63, 3.8) is 0 Å². The lowest BCUT2D eigenvalue weighted by atomic mass is 9.88. The molecule has 2 aliphatic rings. The summed E-state index contributed by atoms with van der Waals surface area (Å²) in [6.07, 6.45) is 4.59. The van der Waals surface area contributed by atoms with Crippen LogP contribution in [-0.2, 0) is 30.2 Å². The molecule has 8 N–H and O–H groups in total. The number of amides is 2. The summed E-state index contributed by atoms with van der Waals surface area (Å²) in [6.45, 7) is -2.89. The zero-order chi connectivity index (χ0) is 34.8. The Hall–Kier alpha value is -4.52. The Bertz CT molecular complexity index is 1630. The smallest absolute Gasteiger partial charge is 0.480 e. The second kappa shape index (κ2) is 16.5. The van der Waals surface area contributed by atoms with Gasteiger partial charge in [-0.1, -0.05) is 35.4 Å². The molecule has 2 aromatic rings. The van der Waals surface area contributed by atoms with Crippen LogP contribution in [0.3, 0.4) is 0 Å². The minimum Gasteiger partial charge on any atom is -0.480 e. The standard InChI is InChI=1S/C30H38BF2N7O7S/c1-19-15-22(11-12-27(41)37-18-28(42)38-23(29(43)44)10-5-13-36-30(34)35)39-24(19)17-26-21(9-6-14-48-47-46-45)16-25(40(26)31(39,32)33)20-7-3-2-4-8-20/h2-4,7-8,15-17,23,45H,5-6,9-14,18H2,1H3,(H,37,41)(H,38,42)(H,43,44)(H4,34,35,36). The third-order valence-corrected chi connectivity index (χ3v) is 8.52. The zero-order valence-corrected chi connectivity index (χ0v) is 27.0. The van der Waals surface area contributed by atoms with E-state index < -0.39 is 37.3 Å². The number of benzene rings is 1. The van der Waals surface area contributed by atoms with Gasteiger partial charge in [-0.2, -0.15) is 0 Å². The summed E-state index contributed by atoms with van der Waals surface area (Å²) in [5.74, 6) is -2.32. The number of aryl methyl sites for hydroxylation is 1. The molecular formula is C30H38BF2N7O7S. The predicted molar refractivity (Wildman–Crippen MR) is 177 cm³/mol. The topological polar surface area (TPSA) is 204 Å². The van der Waals surface area contributed by atoms with Gasteiger partial charge in [-0.3, -0.25) is 15.0 Å². The van der Waals surface area contributed by atoms with E-state index in [0.717, 1.165) is 26.6 Å². The van der Waals surface area contributed by atoms with E-state index in [4.69, 9.17) is 16.4 Å². The largest absolute Gasteiger partial charge is 0.737 e. The fourth-order valence-electron chi connectivity index (χ4n) is 5.77. The maximum Gasteiger partial charge on any atom is 0.737 e. The molecule has 1 atom stereocenters. The number of carbonyl (C=O) groups excluding carboxylic acids is 2. The van der Waals surface area contributed by atoms with Crippen molar-refractivity contribution in [1.29, 1.82) is 5.41 Å². The van der Waals surface area contributed by atoms with E-state index in [2.05, 4.69) is 25.3 Å². The number of nitrogens with zero attached hydrogens (tertiary/aromatic N) is 2. The quantitative estimate of drug-likeness (QED) is 0.0232. The summed E-state index contributed by atoms with van der Waals surface area (Å²) >= 11 is 0.900. The predicted octanol–water partition coefficient (Wildman–Crippen LogP) is 2.88. The molecule has 0 saturated carbocycles. The van der Waals surface area contributed by atoms with Gasteiger partial charge in [-0.25, -0.2) is 10.1 Å². The van der Waals surface area contributed by atoms with E-state index in [0.29, 0.717) is 53.2 Å². The molecule has 0 fully saturated rings. The highest BCUT2D eigenvalue weighted by Gasteiger charge is 2.54. The number of rotatable bonds is 18. The van der Waals surface area contributed by atoms with Gasteiger partial charge in [0.1, 0.15) is 11.8 Å². The Morgan fingerprint density at radius 1 is 1.12 bits per heavy atom. The summed E-state index contributed by atoms with van der Waals surface area (Å²) < 4.78 is 39.9. The van der Waals surface area contributed by atoms with Crippen LogP contribution in [0.2, 0.25) is 0 Å². The van der Waals surface area contributed by atoms with Crippen molar-refractivity contribution < 1.29 is 47.2 Å². The molecule has 3 heterocycles. The van der Waals surface area contributed by atoms with Crippen LogP contribution in [-0.4, -0.2) is 80.6 Å². The first-order valence-corrected chi connectivity index (χ1v) is 16.2. The lowest BCUT2D eigenvalue weighted by Gasteiger charge is -2.31. The minimum absolute atomic E-state index is 0.0331. The molecule has 18 heteroatoms. The van der Waals surface area contributed by atoms with E-state index in [1.165, 1.54) is 0 Å². The minimum atomic E-state index is -4.39. The number of fused-ring (bicyclic) bond motifs is 2. The normalized spacial score (nSPS) is 15.2. The first kappa shape index (κ1) is 36.3. The van der Waals surface area contributed by atoms with Crippen LogP contribution in [0.25, 0.3) is 17.3 Å². The maximum atomic E-state index is 16.7. The van der Waals surface area contributed by atoms with Crippen LogP contribution in [0.5, 0.6) is 0 Å². The molecule has 0 spiro atoms. The zero-order valence-electron chi connectivity index (χ0n) is 26.2. The number of allylic oxidation sites excluding steroid dienone is 2. The molecule has 1 aromatic heterocycles. The second-order valence-electron chi connectivity index (χ2n) is 11.3. The lowest BCUT2D eigenvalue weighted by molar-refractivity contribution is -0.432. The number of carboxylic acid groups (broad SMARTS) is 1. The molecule has 4 rings (SSSR count). The summed E-state index contributed by atoms with van der Waals surface area (Å²) in [5, 5.41) is 35.8. The lowest BCUT2D eigenvalue weighted by Crippen LogP contribution is -2.50. The van der Waals surface area contributed by atoms with Crippen molar-refractivity contribution >= 4 is 54.5 Å². The average molecular weight is 690 g/mol. The summed E-state index contributed by atoms with van der Waals surface area (Å²) in [5.41, 5.74) is 8.50. The van der Waals surface area contributed by atoms with Crippen LogP contribution in [0.1, 0.15) is 50.3 Å². The molecule has 0 aliphatic carbocycles. The van der Waals surface area contributed by atoms with E-state index in [9.17, 15) is 19.5 Å². The molecule has 0 bridgehead atoms. The van der Waals surface area contributed by atoms with Crippen LogP contribution in [0.4, 0.5) is 8.63 Å². The maximum absolute atomic E-state index is 16.7. The van der Waals surface area contributed by atoms with Crippen molar-refractivity contribution in [3.05, 3.63) is 65.0 Å². The monoisotopic (exact) mass is 689 g/mol. The van der Waals surface area contributed by atoms with E-state index in [1.807, 2.05) is 6.07 Å². The van der Waals surface area contributed by atoms with E-state index >= 15 is 8.63 Å². The van der Waals surface area contributed by atoms with Crippen molar-refractivity contribution in [1.82, 2.24) is 20.4 Å². The van der Waals surface area contributed by atoms with Gasteiger partial charge in [0.05, 0.1) is 6.54 Å². The van der Waals surface area contributed by atoms with Crippen molar-refractivity contribution in [3.8, 4) is 11.3 Å². The SMILES string of the molecule is CC1=CC(CCC(=O)NCC(=O)NC(CCCNC(=N)N)C(=O)O)=[N+]2C1=Cc1c(CCCSOOO)cc(-c3ccccc3)n1[B-]2(F)F. The Morgan fingerprint density at radius 3 is 2.56 bits per heavy atom. The Kier molecular flexibility index (Phi) is 12.5. The highest BCUT2D eigenvalue weighted by atomic mass is 32.2. The molecule has 14 nitrogen and oxygen atoms in total. The van der Waals surface area contributed by atoms with Crippen LogP contribution < -0.4 is 21.7 Å². The average Bonchev–Trinajstić information content (AvgIpc) is 3.59. The van der Waals surface area contributed by atoms with Gasteiger partial charge in [0.2, 0.25) is 11.8 Å². The Labute approximate surface area is 279 Å². The third kappa shape index (κ3) is 8.88. The fraction of sp³-hybridized carbons (Fsp3) is 0.367. The molecule has 48 heavy (non-hydrogen) atoms. The molecule has 1 aromatic carbocycles. The van der Waals surface area contributed by atoms with Crippen molar-refractivity contribution in [2.45, 2.75) is 51.5 Å². The van der Waals surface area contributed by atoms with Crippen molar-refractivity contribution in [2.75, 3.05) is 18.8 Å². The number of hydrogen-bond acceptors (Lipinski definition) is 8. The van der Waals surface area contributed by atoms with Gasteiger partial charge in [0, 0.05) is 66.3 Å². The van der Waals surface area contributed by atoms with Crippen LogP contribution >= 0.6 is 12.0 Å². The number of halogens is 2. The number of carbonyl (C=O) groups is 3. The Balaban J connectivity index is 1.46. The van der Waals surface area contributed by atoms with Gasteiger partial charge < -0.3 is 44.4 Å². The third-order valence-electron chi connectivity index (χ3n) is 7.90. The number of guanidine groups is 1. The molecule has 2 aliphatic heterocycles. The number of aromatic nitrogens is 1. The number of carboxylic acids is 1. The number of nitrogens with one attached hydrogen (secondary N) is 4. The summed E-state index contributed by atoms with van der Waals surface area (Å²) in [7, 11) is 0. The fourth-order valence-corrected chi connectivity index (χ4v) is 6.14. The van der Waals surface area contributed by atoms with Gasteiger partial charge in [0.25, 0.3) is 0 Å². The highest BCUT2D eigenvalue weighted by Crippen LogP contribution is 2.40. The van der Waals surface area contributed by atoms with Gasteiger partial charge in [-0.15, -0.1) is 4.33 Å². The first-order valence-electron chi connectivity index (χ1n) is 15.3. The van der Waals surface area contributed by atoms with Crippen LogP contribution in [0, 0.1) is 5.41 Å². The molecule has 0 radical (unpaired) electrons. The molecule has 2 amide bonds.